The number of nitriles is 1. The van der Waals surface area contributed by atoms with Crippen molar-refractivity contribution in [3.8, 4) is 6.07 Å². The number of hydrogen-bond donors (Lipinski definition) is 1. The highest BCUT2D eigenvalue weighted by atomic mass is 79.9. The van der Waals surface area contributed by atoms with E-state index >= 15 is 0 Å². The predicted octanol–water partition coefficient (Wildman–Crippen LogP) is 2.70. The lowest BCUT2D eigenvalue weighted by atomic mass is 10.2. The summed E-state index contributed by atoms with van der Waals surface area (Å²) in [4.78, 5) is 1.09. The lowest BCUT2D eigenvalue weighted by Gasteiger charge is -1.91. The van der Waals surface area contributed by atoms with Crippen LogP contribution in [-0.2, 0) is 0 Å². The zero-order valence-electron chi connectivity index (χ0n) is 6.45. The maximum atomic E-state index is 8.67. The highest BCUT2D eigenvalue weighted by Crippen LogP contribution is 2.23. The number of thiophene rings is 1. The summed E-state index contributed by atoms with van der Waals surface area (Å²) in [5, 5.41) is 8.67. The van der Waals surface area contributed by atoms with Gasteiger partial charge in [-0.15, -0.1) is 11.3 Å². The molecular weight excluding hydrogens is 268 g/mol. The molecule has 5 heteroatoms. The summed E-state index contributed by atoms with van der Waals surface area (Å²) in [6.45, 7) is 0. The van der Waals surface area contributed by atoms with Crippen molar-refractivity contribution in [2.75, 3.05) is 0 Å². The van der Waals surface area contributed by atoms with Gasteiger partial charge in [0.05, 0.1) is 9.36 Å². The SMILES string of the molecule is N#C/C(=C/c1ccc(Br)s1)C(N)=S. The summed E-state index contributed by atoms with van der Waals surface area (Å²) in [5.41, 5.74) is 5.67. The van der Waals surface area contributed by atoms with E-state index in [9.17, 15) is 0 Å². The van der Waals surface area contributed by atoms with Crippen LogP contribution in [0, 0.1) is 11.3 Å². The Morgan fingerprint density at radius 2 is 2.38 bits per heavy atom. The third kappa shape index (κ3) is 2.92. The van der Waals surface area contributed by atoms with Crippen LogP contribution < -0.4 is 5.73 Å². The molecular formula is C8H5BrN2S2. The zero-order chi connectivity index (χ0) is 9.84. The van der Waals surface area contributed by atoms with Crippen molar-refractivity contribution in [1.82, 2.24) is 0 Å². The van der Waals surface area contributed by atoms with Crippen LogP contribution in [0.2, 0.25) is 0 Å². The van der Waals surface area contributed by atoms with E-state index in [2.05, 4.69) is 15.9 Å². The van der Waals surface area contributed by atoms with Crippen LogP contribution in [0.15, 0.2) is 21.5 Å². The molecule has 0 bridgehead atoms. The van der Waals surface area contributed by atoms with Gasteiger partial charge in [0.25, 0.3) is 0 Å². The largest absolute Gasteiger partial charge is 0.389 e. The molecule has 2 N–H and O–H groups in total. The monoisotopic (exact) mass is 272 g/mol. The molecule has 0 radical (unpaired) electrons. The first kappa shape index (κ1) is 10.4. The normalized spacial score (nSPS) is 10.9. The van der Waals surface area contributed by atoms with Crippen LogP contribution in [0.3, 0.4) is 0 Å². The van der Waals surface area contributed by atoms with E-state index < -0.39 is 0 Å². The molecule has 2 nitrogen and oxygen atoms in total. The lowest BCUT2D eigenvalue weighted by Crippen LogP contribution is -2.09. The van der Waals surface area contributed by atoms with Crippen LogP contribution >= 0.6 is 39.5 Å². The van der Waals surface area contributed by atoms with Crippen molar-refractivity contribution < 1.29 is 0 Å². The predicted molar refractivity (Wildman–Crippen MR) is 62.4 cm³/mol. The summed E-state index contributed by atoms with van der Waals surface area (Å²) in [6, 6.07) is 5.75. The maximum Gasteiger partial charge on any atom is 0.114 e. The van der Waals surface area contributed by atoms with Gasteiger partial charge in [0.2, 0.25) is 0 Å². The second kappa shape index (κ2) is 4.51. The van der Waals surface area contributed by atoms with Gasteiger partial charge in [0.15, 0.2) is 0 Å². The molecule has 1 aromatic rings. The number of nitrogens with two attached hydrogens (primary N) is 1. The van der Waals surface area contributed by atoms with Crippen molar-refractivity contribution in [2.24, 2.45) is 5.73 Å². The number of hydrogen-bond acceptors (Lipinski definition) is 3. The van der Waals surface area contributed by atoms with Gasteiger partial charge in [-0.05, 0) is 34.1 Å². The molecule has 0 spiro atoms. The van der Waals surface area contributed by atoms with Gasteiger partial charge in [-0.25, -0.2) is 0 Å². The molecule has 0 fully saturated rings. The Kier molecular flexibility index (Phi) is 3.60. The van der Waals surface area contributed by atoms with E-state index in [0.29, 0.717) is 5.57 Å². The number of halogens is 1. The van der Waals surface area contributed by atoms with Gasteiger partial charge in [0, 0.05) is 4.88 Å². The fourth-order valence-corrected chi connectivity index (χ4v) is 2.18. The van der Waals surface area contributed by atoms with E-state index in [1.54, 1.807) is 6.08 Å². The van der Waals surface area contributed by atoms with E-state index in [-0.39, 0.29) is 4.99 Å². The van der Waals surface area contributed by atoms with Crippen LogP contribution in [0.4, 0.5) is 0 Å². The molecule has 0 unspecified atom stereocenters. The fraction of sp³-hybridized carbons (Fsp3) is 0. The Hall–Kier alpha value is -0.700. The minimum Gasteiger partial charge on any atom is -0.389 e. The van der Waals surface area contributed by atoms with Crippen LogP contribution in [-0.4, -0.2) is 4.99 Å². The summed E-state index contributed by atoms with van der Waals surface area (Å²) in [7, 11) is 0. The summed E-state index contributed by atoms with van der Waals surface area (Å²) in [5.74, 6) is 0. The van der Waals surface area contributed by atoms with E-state index in [4.69, 9.17) is 23.2 Å². The molecule has 0 saturated heterocycles. The van der Waals surface area contributed by atoms with Crippen molar-refractivity contribution in [3.63, 3.8) is 0 Å². The molecule has 0 aliphatic carbocycles. The van der Waals surface area contributed by atoms with Crippen LogP contribution in [0.5, 0.6) is 0 Å². The van der Waals surface area contributed by atoms with Gasteiger partial charge in [0.1, 0.15) is 11.1 Å². The third-order valence-electron chi connectivity index (χ3n) is 1.27. The summed E-state index contributed by atoms with van der Waals surface area (Å²) >= 11 is 9.55. The summed E-state index contributed by atoms with van der Waals surface area (Å²) < 4.78 is 1.01. The van der Waals surface area contributed by atoms with Crippen LogP contribution in [0.1, 0.15) is 4.88 Å². The number of thiocarbonyl (C=S) groups is 1. The van der Waals surface area contributed by atoms with E-state index in [0.717, 1.165) is 8.66 Å². The van der Waals surface area contributed by atoms with Crippen molar-refractivity contribution in [1.29, 1.82) is 5.26 Å². The molecule has 0 amide bonds. The van der Waals surface area contributed by atoms with Crippen molar-refractivity contribution in [3.05, 3.63) is 26.4 Å². The van der Waals surface area contributed by atoms with Gasteiger partial charge >= 0.3 is 0 Å². The smallest absolute Gasteiger partial charge is 0.114 e. The maximum absolute atomic E-state index is 8.67. The molecule has 1 heterocycles. The van der Waals surface area contributed by atoms with E-state index in [1.165, 1.54) is 11.3 Å². The standard InChI is InChI=1S/C8H5BrN2S2/c9-7-2-1-6(13-7)3-5(4-10)8(11)12/h1-3H,(H2,11,12)/b5-3-. The average molecular weight is 273 g/mol. The Labute approximate surface area is 93.8 Å². The minimum atomic E-state index is 0.132. The van der Waals surface area contributed by atoms with E-state index in [1.807, 2.05) is 18.2 Å². The molecule has 1 aromatic heterocycles. The Balaban J connectivity index is 3.00. The Morgan fingerprint density at radius 1 is 1.69 bits per heavy atom. The summed E-state index contributed by atoms with van der Waals surface area (Å²) in [6.07, 6.45) is 1.68. The molecule has 0 aliphatic rings. The Morgan fingerprint density at radius 3 is 2.77 bits per heavy atom. The number of nitrogens with zero attached hydrogens (tertiary/aromatic N) is 1. The lowest BCUT2D eigenvalue weighted by molar-refractivity contribution is 1.52. The fourth-order valence-electron chi connectivity index (χ4n) is 0.707. The second-order valence-corrected chi connectivity index (χ2v) is 5.11. The minimum absolute atomic E-state index is 0.132. The quantitative estimate of drug-likeness (QED) is 0.512. The second-order valence-electron chi connectivity index (χ2n) is 2.18. The molecule has 0 atom stereocenters. The highest BCUT2D eigenvalue weighted by molar-refractivity contribution is 9.11. The Bertz CT molecular complexity index is 401. The molecule has 0 saturated carbocycles. The molecule has 0 aromatic carbocycles. The molecule has 0 aliphatic heterocycles. The van der Waals surface area contributed by atoms with Gasteiger partial charge in [-0.2, -0.15) is 5.26 Å². The van der Waals surface area contributed by atoms with Gasteiger partial charge < -0.3 is 5.73 Å². The first-order chi connectivity index (χ1) is 6.13. The molecule has 1 rings (SSSR count). The van der Waals surface area contributed by atoms with Crippen molar-refractivity contribution in [2.45, 2.75) is 0 Å². The van der Waals surface area contributed by atoms with Crippen molar-refractivity contribution >= 4 is 50.5 Å². The highest BCUT2D eigenvalue weighted by Gasteiger charge is 2.00. The molecule has 13 heavy (non-hydrogen) atoms. The zero-order valence-corrected chi connectivity index (χ0v) is 9.67. The van der Waals surface area contributed by atoms with Crippen LogP contribution in [0.25, 0.3) is 6.08 Å². The average Bonchev–Trinajstić information content (AvgIpc) is 2.46. The molecule has 66 valence electrons. The topological polar surface area (TPSA) is 49.8 Å². The third-order valence-corrected chi connectivity index (χ3v) is 3.06. The first-order valence-electron chi connectivity index (χ1n) is 3.30. The van der Waals surface area contributed by atoms with Gasteiger partial charge in [-0.1, -0.05) is 12.2 Å². The van der Waals surface area contributed by atoms with Gasteiger partial charge in [-0.3, -0.25) is 0 Å². The number of rotatable bonds is 2. The first-order valence-corrected chi connectivity index (χ1v) is 5.32.